The van der Waals surface area contributed by atoms with Crippen LogP contribution in [0.15, 0.2) is 0 Å². The van der Waals surface area contributed by atoms with Gasteiger partial charge in [-0.25, -0.2) is 0 Å². The van der Waals surface area contributed by atoms with Crippen LogP contribution in [0.25, 0.3) is 0 Å². The van der Waals surface area contributed by atoms with Gasteiger partial charge in [0.15, 0.2) is 0 Å². The monoisotopic (exact) mass is 334 g/mol. The second-order valence-corrected chi connectivity index (χ2v) is 8.98. The molecule has 1 saturated heterocycles. The van der Waals surface area contributed by atoms with Crippen molar-refractivity contribution in [3.8, 4) is 0 Å². The highest BCUT2D eigenvalue weighted by molar-refractivity contribution is 6.62. The molecule has 1 aliphatic heterocycles. The average Bonchev–Trinajstić information content (AvgIpc) is 3.37. The molecule has 5 nitrogen and oxygen atoms in total. The lowest BCUT2D eigenvalue weighted by atomic mass is 10.1. The standard InChI is InChI=1S/C16H34O5Si/c1-5-6-7-8-9-10-11-12-16(21-14-15-13-20-15)22(17-2,18-3)19-4/h15-16H,5-14H2,1-4H3. The van der Waals surface area contributed by atoms with Crippen molar-refractivity contribution in [2.24, 2.45) is 0 Å². The predicted octanol–water partition coefficient (Wildman–Crippen LogP) is 3.33. The van der Waals surface area contributed by atoms with Gasteiger partial charge in [-0.05, 0) is 6.42 Å². The molecule has 2 unspecified atom stereocenters. The first-order chi connectivity index (χ1) is 10.7. The number of rotatable bonds is 15. The largest absolute Gasteiger partial charge is 0.530 e. The lowest BCUT2D eigenvalue weighted by molar-refractivity contribution is 0.00344. The Bertz CT molecular complexity index is 261. The van der Waals surface area contributed by atoms with Gasteiger partial charge in [-0.15, -0.1) is 0 Å². The minimum atomic E-state index is -2.74. The quantitative estimate of drug-likeness (QED) is 0.261. The topological polar surface area (TPSA) is 49.5 Å². The van der Waals surface area contributed by atoms with Crippen LogP contribution in [0.4, 0.5) is 0 Å². The molecular weight excluding hydrogens is 300 g/mol. The van der Waals surface area contributed by atoms with Gasteiger partial charge in [-0.1, -0.05) is 51.9 Å². The summed E-state index contributed by atoms with van der Waals surface area (Å²) in [7, 11) is 2.20. The maximum Gasteiger partial charge on any atom is 0.530 e. The number of hydrogen-bond donors (Lipinski definition) is 0. The van der Waals surface area contributed by atoms with Crippen molar-refractivity contribution in [3.05, 3.63) is 0 Å². The van der Waals surface area contributed by atoms with Crippen LogP contribution in [-0.4, -0.2) is 55.2 Å². The first-order valence-corrected chi connectivity index (χ1v) is 10.4. The van der Waals surface area contributed by atoms with Crippen LogP contribution in [-0.2, 0) is 22.8 Å². The van der Waals surface area contributed by atoms with E-state index < -0.39 is 8.80 Å². The van der Waals surface area contributed by atoms with Crippen molar-refractivity contribution in [1.29, 1.82) is 0 Å². The molecule has 0 N–H and O–H groups in total. The van der Waals surface area contributed by atoms with Gasteiger partial charge >= 0.3 is 8.80 Å². The van der Waals surface area contributed by atoms with Crippen LogP contribution in [0.1, 0.15) is 58.3 Å². The third kappa shape index (κ3) is 7.06. The summed E-state index contributed by atoms with van der Waals surface area (Å²) in [5, 5.41) is 0. The van der Waals surface area contributed by atoms with E-state index in [2.05, 4.69) is 6.92 Å². The average molecular weight is 335 g/mol. The van der Waals surface area contributed by atoms with Gasteiger partial charge in [0.05, 0.1) is 13.2 Å². The Morgan fingerprint density at radius 3 is 2.00 bits per heavy atom. The summed E-state index contributed by atoms with van der Waals surface area (Å²) < 4.78 is 28.0. The van der Waals surface area contributed by atoms with Gasteiger partial charge < -0.3 is 22.8 Å². The number of epoxide rings is 1. The third-order valence-corrected chi connectivity index (χ3v) is 7.15. The van der Waals surface area contributed by atoms with Crippen molar-refractivity contribution >= 4 is 8.80 Å². The van der Waals surface area contributed by atoms with Crippen molar-refractivity contribution in [2.45, 2.75) is 70.1 Å². The van der Waals surface area contributed by atoms with E-state index in [0.717, 1.165) is 19.4 Å². The summed E-state index contributed by atoms with van der Waals surface area (Å²) in [4.78, 5) is 0. The van der Waals surface area contributed by atoms with Crippen molar-refractivity contribution in [2.75, 3.05) is 34.5 Å². The van der Waals surface area contributed by atoms with Crippen molar-refractivity contribution < 1.29 is 22.8 Å². The van der Waals surface area contributed by atoms with Crippen molar-refractivity contribution in [1.82, 2.24) is 0 Å². The molecule has 0 radical (unpaired) electrons. The molecule has 1 fully saturated rings. The Labute approximate surface area is 137 Å². The van der Waals surface area contributed by atoms with Crippen LogP contribution in [0.5, 0.6) is 0 Å². The number of hydrogen-bond acceptors (Lipinski definition) is 5. The zero-order valence-corrected chi connectivity index (χ0v) is 15.8. The Morgan fingerprint density at radius 2 is 1.50 bits per heavy atom. The van der Waals surface area contributed by atoms with Gasteiger partial charge in [-0.2, -0.15) is 0 Å². The summed E-state index contributed by atoms with van der Waals surface area (Å²) in [5.41, 5.74) is -0.104. The van der Waals surface area contributed by atoms with Crippen LogP contribution in [0, 0.1) is 0 Å². The van der Waals surface area contributed by atoms with Gasteiger partial charge in [0, 0.05) is 21.3 Å². The molecule has 0 aliphatic carbocycles. The Morgan fingerprint density at radius 1 is 0.955 bits per heavy atom. The molecule has 0 spiro atoms. The zero-order valence-electron chi connectivity index (χ0n) is 14.8. The van der Waals surface area contributed by atoms with E-state index in [9.17, 15) is 0 Å². The van der Waals surface area contributed by atoms with E-state index >= 15 is 0 Å². The Hall–Kier alpha value is 0.0169. The molecule has 0 aromatic rings. The van der Waals surface area contributed by atoms with Crippen LogP contribution in [0.3, 0.4) is 0 Å². The first-order valence-electron chi connectivity index (χ1n) is 8.61. The van der Waals surface area contributed by atoms with Crippen LogP contribution < -0.4 is 0 Å². The second-order valence-electron chi connectivity index (χ2n) is 5.90. The molecular formula is C16H34O5Si. The molecule has 0 amide bonds. The highest BCUT2D eigenvalue weighted by atomic mass is 28.4. The molecule has 0 aromatic heterocycles. The van der Waals surface area contributed by atoms with Gasteiger partial charge in [0.2, 0.25) is 0 Å². The van der Waals surface area contributed by atoms with E-state index in [1.807, 2.05) is 0 Å². The zero-order chi connectivity index (χ0) is 16.3. The molecule has 1 aliphatic rings. The summed E-state index contributed by atoms with van der Waals surface area (Å²) >= 11 is 0. The first kappa shape index (κ1) is 20.1. The molecule has 0 aromatic carbocycles. The van der Waals surface area contributed by atoms with E-state index in [1.54, 1.807) is 21.3 Å². The fraction of sp³-hybridized carbons (Fsp3) is 1.00. The molecule has 132 valence electrons. The van der Waals surface area contributed by atoms with Gasteiger partial charge in [0.25, 0.3) is 0 Å². The summed E-state index contributed by atoms with van der Waals surface area (Å²) in [5.74, 6) is 0. The van der Waals surface area contributed by atoms with E-state index in [0.29, 0.717) is 6.61 Å². The molecule has 0 saturated carbocycles. The molecule has 0 bridgehead atoms. The minimum absolute atomic E-state index is 0.104. The fourth-order valence-electron chi connectivity index (χ4n) is 2.68. The summed E-state index contributed by atoms with van der Waals surface area (Å²) in [6.45, 7) is 3.65. The summed E-state index contributed by atoms with van der Waals surface area (Å²) in [6.07, 6.45) is 10.1. The van der Waals surface area contributed by atoms with E-state index in [1.165, 1.54) is 38.5 Å². The molecule has 6 heteroatoms. The smallest absolute Gasteiger partial charge is 0.375 e. The van der Waals surface area contributed by atoms with Gasteiger partial charge in [0.1, 0.15) is 11.8 Å². The molecule has 1 rings (SSSR count). The lowest BCUT2D eigenvalue weighted by Gasteiger charge is -2.32. The second kappa shape index (κ2) is 11.5. The predicted molar refractivity (Wildman–Crippen MR) is 88.9 cm³/mol. The van der Waals surface area contributed by atoms with Crippen molar-refractivity contribution in [3.63, 3.8) is 0 Å². The number of ether oxygens (including phenoxy) is 2. The summed E-state index contributed by atoms with van der Waals surface area (Å²) in [6, 6.07) is 0. The molecule has 22 heavy (non-hydrogen) atoms. The highest BCUT2D eigenvalue weighted by Crippen LogP contribution is 2.23. The Kier molecular flexibility index (Phi) is 10.5. The maximum absolute atomic E-state index is 6.01. The van der Waals surface area contributed by atoms with E-state index in [-0.39, 0.29) is 11.8 Å². The Balaban J connectivity index is 2.33. The fourth-order valence-corrected chi connectivity index (χ4v) is 4.83. The molecule has 2 atom stereocenters. The minimum Gasteiger partial charge on any atom is -0.375 e. The number of unbranched alkanes of at least 4 members (excludes halogenated alkanes) is 6. The SMILES string of the molecule is CCCCCCCCCC(OCC1CO1)[Si](OC)(OC)OC. The normalized spacial score (nSPS) is 19.4. The molecule has 1 heterocycles. The highest BCUT2D eigenvalue weighted by Gasteiger charge is 2.48. The van der Waals surface area contributed by atoms with E-state index in [4.69, 9.17) is 22.8 Å². The van der Waals surface area contributed by atoms with Crippen LogP contribution >= 0.6 is 0 Å². The third-order valence-electron chi connectivity index (χ3n) is 4.20. The van der Waals surface area contributed by atoms with Crippen LogP contribution in [0.2, 0.25) is 0 Å². The maximum atomic E-state index is 6.01. The lowest BCUT2D eigenvalue weighted by Crippen LogP contribution is -2.55. The van der Waals surface area contributed by atoms with Gasteiger partial charge in [-0.3, -0.25) is 0 Å².